The number of hydrogen-bond acceptors (Lipinski definition) is 6. The van der Waals surface area contributed by atoms with Crippen LogP contribution in [-0.4, -0.2) is 34.6 Å². The van der Waals surface area contributed by atoms with Gasteiger partial charge in [0.2, 0.25) is 5.13 Å². The van der Waals surface area contributed by atoms with E-state index in [2.05, 4.69) is 9.98 Å². The molecule has 7 heteroatoms. The molecule has 24 heavy (non-hydrogen) atoms. The van der Waals surface area contributed by atoms with E-state index in [9.17, 15) is 4.79 Å². The molecular formula is C17H17N3O2S2. The van der Waals surface area contributed by atoms with E-state index in [0.29, 0.717) is 21.7 Å². The van der Waals surface area contributed by atoms with Gasteiger partial charge in [-0.1, -0.05) is 12.1 Å². The first-order valence-corrected chi connectivity index (χ1v) is 9.16. The zero-order valence-corrected chi connectivity index (χ0v) is 15.3. The standard InChI is InChI=1S/C17H17N3O2S2/c1-4-20-15(21)14(9-12-6-5-7-13(8-12)22-3)24-17(20)19-16-18-11(2)10-23-16/h5-10H,4H2,1-3H3/b14-9-,19-17+. The number of thiazole rings is 1. The Kier molecular flexibility index (Phi) is 5.01. The average molecular weight is 359 g/mol. The van der Waals surface area contributed by atoms with Crippen molar-refractivity contribution in [3.05, 3.63) is 45.8 Å². The van der Waals surface area contributed by atoms with Crippen molar-refractivity contribution < 1.29 is 9.53 Å². The van der Waals surface area contributed by atoms with Gasteiger partial charge in [0, 0.05) is 11.9 Å². The number of aryl methyl sites for hydroxylation is 1. The number of likely N-dealkylation sites (N-methyl/N-ethyl adjacent to an activating group) is 1. The summed E-state index contributed by atoms with van der Waals surface area (Å²) in [6.45, 7) is 4.44. The predicted molar refractivity (Wildman–Crippen MR) is 99.9 cm³/mol. The summed E-state index contributed by atoms with van der Waals surface area (Å²) < 4.78 is 5.23. The normalized spacial score (nSPS) is 18.0. The summed E-state index contributed by atoms with van der Waals surface area (Å²) >= 11 is 2.85. The number of rotatable bonds is 4. The van der Waals surface area contributed by atoms with E-state index in [1.165, 1.54) is 23.1 Å². The van der Waals surface area contributed by atoms with Gasteiger partial charge < -0.3 is 4.74 Å². The quantitative estimate of drug-likeness (QED) is 0.772. The van der Waals surface area contributed by atoms with Crippen LogP contribution in [0.25, 0.3) is 6.08 Å². The monoisotopic (exact) mass is 359 g/mol. The van der Waals surface area contributed by atoms with E-state index in [0.717, 1.165) is 17.0 Å². The fraction of sp³-hybridized carbons (Fsp3) is 0.235. The van der Waals surface area contributed by atoms with Crippen LogP contribution in [-0.2, 0) is 4.79 Å². The van der Waals surface area contributed by atoms with Crippen LogP contribution in [0.15, 0.2) is 39.5 Å². The van der Waals surface area contributed by atoms with E-state index >= 15 is 0 Å². The summed E-state index contributed by atoms with van der Waals surface area (Å²) in [4.78, 5) is 23.8. The molecule has 5 nitrogen and oxygen atoms in total. The van der Waals surface area contributed by atoms with Crippen LogP contribution >= 0.6 is 23.1 Å². The summed E-state index contributed by atoms with van der Waals surface area (Å²) in [6.07, 6.45) is 1.87. The summed E-state index contributed by atoms with van der Waals surface area (Å²) in [7, 11) is 1.63. The second kappa shape index (κ2) is 7.19. The van der Waals surface area contributed by atoms with Crippen LogP contribution in [0.2, 0.25) is 0 Å². The molecule has 1 aliphatic heterocycles. The van der Waals surface area contributed by atoms with Crippen molar-refractivity contribution in [1.82, 2.24) is 9.88 Å². The number of carbonyl (C=O) groups is 1. The second-order valence-corrected chi connectivity index (χ2v) is 6.95. The topological polar surface area (TPSA) is 54.8 Å². The minimum absolute atomic E-state index is 0.0302. The van der Waals surface area contributed by atoms with E-state index in [1.54, 1.807) is 12.0 Å². The molecule has 1 aromatic heterocycles. The molecule has 0 spiro atoms. The van der Waals surface area contributed by atoms with Crippen molar-refractivity contribution in [2.45, 2.75) is 13.8 Å². The first kappa shape index (κ1) is 16.7. The molecule has 2 aromatic rings. The SMILES string of the molecule is CCN1C(=O)/C(=C/c2cccc(OC)c2)S/C1=N/c1nc(C)cs1. The number of amidine groups is 1. The van der Waals surface area contributed by atoms with Crippen molar-refractivity contribution in [3.8, 4) is 5.75 Å². The van der Waals surface area contributed by atoms with Gasteiger partial charge in [-0.3, -0.25) is 9.69 Å². The van der Waals surface area contributed by atoms with Gasteiger partial charge in [-0.15, -0.1) is 11.3 Å². The van der Waals surface area contributed by atoms with Crippen molar-refractivity contribution in [1.29, 1.82) is 0 Å². The number of hydrogen-bond donors (Lipinski definition) is 0. The molecule has 2 heterocycles. The Hall–Kier alpha value is -2.12. The first-order valence-electron chi connectivity index (χ1n) is 7.47. The lowest BCUT2D eigenvalue weighted by molar-refractivity contribution is -0.122. The van der Waals surface area contributed by atoms with Crippen LogP contribution in [0.5, 0.6) is 5.75 Å². The number of amides is 1. The van der Waals surface area contributed by atoms with Crippen LogP contribution < -0.4 is 4.74 Å². The number of nitrogens with zero attached hydrogens (tertiary/aromatic N) is 3. The average Bonchev–Trinajstić information content (AvgIpc) is 3.11. The fourth-order valence-electron chi connectivity index (χ4n) is 2.23. The molecule has 1 fully saturated rings. The van der Waals surface area contributed by atoms with Gasteiger partial charge in [0.1, 0.15) is 5.75 Å². The minimum Gasteiger partial charge on any atom is -0.497 e. The van der Waals surface area contributed by atoms with Gasteiger partial charge in [-0.05, 0) is 49.4 Å². The van der Waals surface area contributed by atoms with Crippen molar-refractivity contribution in [3.63, 3.8) is 0 Å². The third kappa shape index (κ3) is 3.52. The maximum absolute atomic E-state index is 12.6. The maximum Gasteiger partial charge on any atom is 0.266 e. The molecule has 0 saturated carbocycles. The molecule has 124 valence electrons. The Morgan fingerprint density at radius 3 is 2.92 bits per heavy atom. The maximum atomic E-state index is 12.6. The van der Waals surface area contributed by atoms with Crippen molar-refractivity contribution in [2.75, 3.05) is 13.7 Å². The zero-order valence-electron chi connectivity index (χ0n) is 13.6. The number of methoxy groups -OCH3 is 1. The number of ether oxygens (including phenoxy) is 1. The predicted octanol–water partition coefficient (Wildman–Crippen LogP) is 4.08. The molecule has 0 aliphatic carbocycles. The molecule has 1 aromatic carbocycles. The smallest absolute Gasteiger partial charge is 0.266 e. The third-order valence-electron chi connectivity index (χ3n) is 3.39. The highest BCUT2D eigenvalue weighted by molar-refractivity contribution is 8.18. The van der Waals surface area contributed by atoms with Crippen molar-refractivity contribution in [2.24, 2.45) is 4.99 Å². The highest BCUT2D eigenvalue weighted by atomic mass is 32.2. The number of carbonyl (C=O) groups excluding carboxylic acids is 1. The van der Waals surface area contributed by atoms with E-state index < -0.39 is 0 Å². The fourth-order valence-corrected chi connectivity index (χ4v) is 3.99. The lowest BCUT2D eigenvalue weighted by atomic mass is 10.2. The molecule has 0 N–H and O–H groups in total. The second-order valence-electron chi connectivity index (χ2n) is 5.10. The Bertz CT molecular complexity index is 827. The molecule has 3 rings (SSSR count). The van der Waals surface area contributed by atoms with Gasteiger partial charge in [0.05, 0.1) is 17.7 Å². The molecule has 1 saturated heterocycles. The Morgan fingerprint density at radius 1 is 1.42 bits per heavy atom. The lowest BCUT2D eigenvalue weighted by Gasteiger charge is -2.11. The summed E-state index contributed by atoms with van der Waals surface area (Å²) in [5.74, 6) is 0.733. The summed E-state index contributed by atoms with van der Waals surface area (Å²) in [5, 5.41) is 3.29. The molecule has 0 radical (unpaired) electrons. The van der Waals surface area contributed by atoms with E-state index in [4.69, 9.17) is 4.74 Å². The van der Waals surface area contributed by atoms with E-state index in [-0.39, 0.29) is 5.91 Å². The van der Waals surface area contributed by atoms with Crippen LogP contribution in [0.4, 0.5) is 5.13 Å². The molecule has 0 atom stereocenters. The Morgan fingerprint density at radius 2 is 2.25 bits per heavy atom. The Balaban J connectivity index is 1.91. The minimum atomic E-state index is -0.0302. The van der Waals surface area contributed by atoms with Gasteiger partial charge in [-0.25, -0.2) is 4.98 Å². The van der Waals surface area contributed by atoms with Gasteiger partial charge >= 0.3 is 0 Å². The third-order valence-corrected chi connectivity index (χ3v) is 5.25. The highest BCUT2D eigenvalue weighted by Gasteiger charge is 2.32. The number of benzene rings is 1. The first-order chi connectivity index (χ1) is 11.6. The van der Waals surface area contributed by atoms with Crippen LogP contribution in [0.1, 0.15) is 18.2 Å². The Labute approximate surface area is 149 Å². The van der Waals surface area contributed by atoms with Crippen LogP contribution in [0, 0.1) is 6.92 Å². The lowest BCUT2D eigenvalue weighted by Crippen LogP contribution is -2.28. The largest absolute Gasteiger partial charge is 0.497 e. The van der Waals surface area contributed by atoms with Crippen LogP contribution in [0.3, 0.4) is 0 Å². The number of aliphatic imine (C=N–C) groups is 1. The molecule has 1 aliphatic rings. The molecular weight excluding hydrogens is 342 g/mol. The summed E-state index contributed by atoms with van der Waals surface area (Å²) in [6, 6.07) is 7.62. The van der Waals surface area contributed by atoms with E-state index in [1.807, 2.05) is 49.6 Å². The van der Waals surface area contributed by atoms with Crippen molar-refractivity contribution >= 4 is 45.4 Å². The number of thioether (sulfide) groups is 1. The van der Waals surface area contributed by atoms with Gasteiger partial charge in [0.15, 0.2) is 5.17 Å². The molecule has 1 amide bonds. The highest BCUT2D eigenvalue weighted by Crippen LogP contribution is 2.34. The van der Waals surface area contributed by atoms with Gasteiger partial charge in [0.25, 0.3) is 5.91 Å². The summed E-state index contributed by atoms with van der Waals surface area (Å²) in [5.41, 5.74) is 1.86. The van der Waals surface area contributed by atoms with Gasteiger partial charge in [-0.2, -0.15) is 4.99 Å². The number of aromatic nitrogens is 1. The molecule has 0 bridgehead atoms. The zero-order chi connectivity index (χ0) is 17.1. The molecule has 0 unspecified atom stereocenters.